The topological polar surface area (TPSA) is 122 Å². The fraction of sp³-hybridized carbons (Fsp3) is 0.615. The highest BCUT2D eigenvalue weighted by molar-refractivity contribution is 7.89. The van der Waals surface area contributed by atoms with E-state index >= 15 is 0 Å². The average Bonchev–Trinajstić information content (AvgIpc) is 3.10. The highest BCUT2D eigenvalue weighted by atomic mass is 32.2. The molecule has 0 bridgehead atoms. The summed E-state index contributed by atoms with van der Waals surface area (Å²) in [4.78, 5) is 27.2. The third-order valence-corrected chi connectivity index (χ3v) is 6.12. The number of nitrogens with zero attached hydrogens (tertiary/aromatic N) is 2. The fourth-order valence-electron chi connectivity index (χ4n) is 3.20. The van der Waals surface area contributed by atoms with E-state index in [4.69, 9.17) is 0 Å². The molecule has 2 atom stereocenters. The van der Waals surface area contributed by atoms with Gasteiger partial charge >= 0.3 is 6.03 Å². The van der Waals surface area contributed by atoms with Gasteiger partial charge in [0.25, 0.3) is 15.9 Å². The molecule has 3 rings (SSSR count). The SMILES string of the molecule is Cc1ncc(S(=O)(=O)NCC2CCC3(C2)NC(=O)NC3=O)n1C. The molecular weight excluding hydrogens is 322 g/mol. The van der Waals surface area contributed by atoms with Gasteiger partial charge in [-0.25, -0.2) is 22.9 Å². The molecule has 3 amide bonds. The molecule has 1 spiro atoms. The molecule has 1 saturated heterocycles. The first-order chi connectivity index (χ1) is 10.7. The largest absolute Gasteiger partial charge is 0.323 e. The van der Waals surface area contributed by atoms with Crippen LogP contribution in [0.15, 0.2) is 11.2 Å². The number of nitrogens with one attached hydrogen (secondary N) is 3. The number of aryl methyl sites for hydroxylation is 1. The van der Waals surface area contributed by atoms with Crippen molar-refractivity contribution in [1.29, 1.82) is 0 Å². The first-order valence-electron chi connectivity index (χ1n) is 7.35. The summed E-state index contributed by atoms with van der Waals surface area (Å²) in [5, 5.41) is 5.00. The summed E-state index contributed by atoms with van der Waals surface area (Å²) in [6.07, 6.45) is 2.93. The minimum absolute atomic E-state index is 0.0109. The molecule has 2 unspecified atom stereocenters. The number of urea groups is 1. The number of hydrogen-bond donors (Lipinski definition) is 3. The summed E-state index contributed by atoms with van der Waals surface area (Å²) >= 11 is 0. The Labute approximate surface area is 133 Å². The molecule has 23 heavy (non-hydrogen) atoms. The van der Waals surface area contributed by atoms with Crippen LogP contribution in [0.5, 0.6) is 0 Å². The molecule has 1 aliphatic heterocycles. The lowest BCUT2D eigenvalue weighted by atomic mass is 9.96. The minimum atomic E-state index is -3.65. The molecular formula is C13H19N5O4S. The minimum Gasteiger partial charge on any atom is -0.323 e. The normalized spacial score (nSPS) is 27.5. The molecule has 2 fully saturated rings. The van der Waals surface area contributed by atoms with Gasteiger partial charge in [-0.2, -0.15) is 0 Å². The van der Waals surface area contributed by atoms with Gasteiger partial charge in [0.05, 0.1) is 6.20 Å². The van der Waals surface area contributed by atoms with Crippen LogP contribution in [0.3, 0.4) is 0 Å². The molecule has 1 aliphatic carbocycles. The Morgan fingerprint density at radius 1 is 1.48 bits per heavy atom. The van der Waals surface area contributed by atoms with Gasteiger partial charge in [-0.1, -0.05) is 0 Å². The van der Waals surface area contributed by atoms with E-state index in [1.807, 2.05) is 0 Å². The Morgan fingerprint density at radius 2 is 2.22 bits per heavy atom. The zero-order valence-corrected chi connectivity index (χ0v) is 13.7. The van der Waals surface area contributed by atoms with Crippen molar-refractivity contribution >= 4 is 22.0 Å². The van der Waals surface area contributed by atoms with Crippen LogP contribution in [0.25, 0.3) is 0 Å². The van der Waals surface area contributed by atoms with Crippen molar-refractivity contribution in [3.05, 3.63) is 12.0 Å². The molecule has 0 aromatic carbocycles. The molecule has 3 N–H and O–H groups in total. The standard InChI is InChI=1S/C13H19N5O4S/c1-8-14-7-10(18(8)2)23(21,22)15-6-9-3-4-13(5-9)11(19)16-12(20)17-13/h7,9,15H,3-6H2,1-2H3,(H2,16,17,19,20). The average molecular weight is 341 g/mol. The summed E-state index contributed by atoms with van der Waals surface area (Å²) < 4.78 is 28.7. The van der Waals surface area contributed by atoms with E-state index in [0.717, 1.165) is 0 Å². The zero-order valence-electron chi connectivity index (χ0n) is 12.9. The zero-order chi connectivity index (χ0) is 16.8. The highest BCUT2D eigenvalue weighted by Crippen LogP contribution is 2.36. The second-order valence-corrected chi connectivity index (χ2v) is 7.87. The lowest BCUT2D eigenvalue weighted by Crippen LogP contribution is -2.44. The van der Waals surface area contributed by atoms with Crippen LogP contribution in [0.2, 0.25) is 0 Å². The van der Waals surface area contributed by atoms with Crippen LogP contribution in [-0.4, -0.2) is 42.0 Å². The quantitative estimate of drug-likeness (QED) is 0.630. The molecule has 0 radical (unpaired) electrons. The van der Waals surface area contributed by atoms with Gasteiger partial charge < -0.3 is 9.88 Å². The van der Waals surface area contributed by atoms with E-state index in [2.05, 4.69) is 20.3 Å². The van der Waals surface area contributed by atoms with Crippen molar-refractivity contribution in [1.82, 2.24) is 24.9 Å². The Balaban J connectivity index is 1.65. The fourth-order valence-corrected chi connectivity index (χ4v) is 4.49. The van der Waals surface area contributed by atoms with Crippen molar-refractivity contribution in [3.8, 4) is 0 Å². The number of aromatic nitrogens is 2. The molecule has 10 heteroatoms. The number of carbonyl (C=O) groups is 2. The van der Waals surface area contributed by atoms with E-state index in [9.17, 15) is 18.0 Å². The number of sulfonamides is 1. The summed E-state index contributed by atoms with van der Waals surface area (Å²) in [5.74, 6) is 0.272. The summed E-state index contributed by atoms with van der Waals surface area (Å²) in [7, 11) is -2.02. The smallest absolute Gasteiger partial charge is 0.322 e. The first-order valence-corrected chi connectivity index (χ1v) is 8.83. The monoisotopic (exact) mass is 341 g/mol. The lowest BCUT2D eigenvalue weighted by Gasteiger charge is -2.19. The van der Waals surface area contributed by atoms with E-state index in [1.165, 1.54) is 10.8 Å². The van der Waals surface area contributed by atoms with Crippen molar-refractivity contribution in [3.63, 3.8) is 0 Å². The second kappa shape index (κ2) is 5.31. The third-order valence-electron chi connectivity index (χ3n) is 4.65. The highest BCUT2D eigenvalue weighted by Gasteiger charge is 2.50. The van der Waals surface area contributed by atoms with Crippen LogP contribution in [0.4, 0.5) is 4.79 Å². The van der Waals surface area contributed by atoms with Gasteiger partial charge in [0.2, 0.25) is 0 Å². The Morgan fingerprint density at radius 3 is 2.78 bits per heavy atom. The van der Waals surface area contributed by atoms with E-state index in [1.54, 1.807) is 14.0 Å². The lowest BCUT2D eigenvalue weighted by molar-refractivity contribution is -0.123. The van der Waals surface area contributed by atoms with Crippen LogP contribution in [0, 0.1) is 12.8 Å². The molecule has 2 heterocycles. The number of hydrogen-bond acceptors (Lipinski definition) is 5. The number of rotatable bonds is 4. The van der Waals surface area contributed by atoms with Crippen molar-refractivity contribution < 1.29 is 18.0 Å². The summed E-state index contributed by atoms with van der Waals surface area (Å²) in [6.45, 7) is 1.94. The van der Waals surface area contributed by atoms with Gasteiger partial charge in [0, 0.05) is 13.6 Å². The molecule has 1 saturated carbocycles. The van der Waals surface area contributed by atoms with Gasteiger partial charge in [-0.3, -0.25) is 10.1 Å². The molecule has 9 nitrogen and oxygen atoms in total. The number of carbonyl (C=O) groups excluding carboxylic acids is 2. The maximum absolute atomic E-state index is 12.3. The maximum atomic E-state index is 12.3. The van der Waals surface area contributed by atoms with Crippen molar-refractivity contribution in [2.24, 2.45) is 13.0 Å². The van der Waals surface area contributed by atoms with E-state index in [0.29, 0.717) is 25.1 Å². The summed E-state index contributed by atoms with van der Waals surface area (Å²) in [6, 6.07) is -0.485. The molecule has 1 aromatic heterocycles. The van der Waals surface area contributed by atoms with Crippen LogP contribution in [-0.2, 0) is 21.9 Å². The first kappa shape index (κ1) is 15.9. The Kier molecular flexibility index (Phi) is 3.68. The molecule has 1 aromatic rings. The van der Waals surface area contributed by atoms with Gasteiger partial charge in [-0.05, 0) is 32.1 Å². The summed E-state index contributed by atoms with van der Waals surface area (Å²) in [5.41, 5.74) is -0.879. The van der Waals surface area contributed by atoms with Gasteiger partial charge in [-0.15, -0.1) is 0 Å². The molecule has 126 valence electrons. The van der Waals surface area contributed by atoms with Gasteiger partial charge in [0.1, 0.15) is 11.4 Å². The van der Waals surface area contributed by atoms with Crippen LogP contribution < -0.4 is 15.4 Å². The van der Waals surface area contributed by atoms with Gasteiger partial charge in [0.15, 0.2) is 5.03 Å². The number of imidazole rings is 1. The second-order valence-electron chi connectivity index (χ2n) is 6.15. The maximum Gasteiger partial charge on any atom is 0.322 e. The Bertz CT molecular complexity index is 771. The third kappa shape index (κ3) is 2.72. The predicted octanol–water partition coefficient (Wildman–Crippen LogP) is -0.615. The van der Waals surface area contributed by atoms with E-state index in [-0.39, 0.29) is 23.4 Å². The molecule has 2 aliphatic rings. The Hall–Kier alpha value is -1.94. The predicted molar refractivity (Wildman–Crippen MR) is 79.9 cm³/mol. The van der Waals surface area contributed by atoms with Crippen molar-refractivity contribution in [2.75, 3.05) is 6.54 Å². The van der Waals surface area contributed by atoms with E-state index < -0.39 is 21.6 Å². The number of amides is 3. The van der Waals surface area contributed by atoms with Crippen LogP contribution in [0.1, 0.15) is 25.1 Å². The van der Waals surface area contributed by atoms with Crippen molar-refractivity contribution in [2.45, 2.75) is 36.8 Å². The van der Waals surface area contributed by atoms with Crippen LogP contribution >= 0.6 is 0 Å². The number of imide groups is 1.